The molecule has 0 radical (unpaired) electrons. The molecule has 2 heterocycles. The monoisotopic (exact) mass is 327 g/mol. The lowest BCUT2D eigenvalue weighted by molar-refractivity contribution is 0.272. The van der Waals surface area contributed by atoms with Crippen LogP contribution in [0.4, 0.5) is 0 Å². The number of para-hydroxylation sites is 1. The zero-order valence-corrected chi connectivity index (χ0v) is 12.9. The Labute approximate surface area is 127 Å². The van der Waals surface area contributed by atoms with Crippen molar-refractivity contribution in [1.29, 1.82) is 0 Å². The van der Waals surface area contributed by atoms with Crippen molar-refractivity contribution in [3.8, 4) is 5.75 Å². The highest BCUT2D eigenvalue weighted by molar-refractivity contribution is 8.13. The van der Waals surface area contributed by atoms with Gasteiger partial charge in [-0.1, -0.05) is 18.2 Å². The van der Waals surface area contributed by atoms with Gasteiger partial charge < -0.3 is 9.30 Å². The number of hydrogen-bond donors (Lipinski definition) is 0. The molecule has 0 fully saturated rings. The van der Waals surface area contributed by atoms with Crippen LogP contribution < -0.4 is 4.74 Å². The van der Waals surface area contributed by atoms with Gasteiger partial charge in [0.2, 0.25) is 0 Å². The van der Waals surface area contributed by atoms with Gasteiger partial charge in [0.05, 0.1) is 12.5 Å². The zero-order chi connectivity index (χ0) is 15.0. The van der Waals surface area contributed by atoms with Crippen LogP contribution >= 0.6 is 10.7 Å². The number of ether oxygens (including phenoxy) is 1. The van der Waals surface area contributed by atoms with Gasteiger partial charge in [-0.3, -0.25) is 0 Å². The van der Waals surface area contributed by atoms with Crippen molar-refractivity contribution in [2.45, 2.75) is 31.0 Å². The average molecular weight is 328 g/mol. The van der Waals surface area contributed by atoms with Gasteiger partial charge in [-0.2, -0.15) is 0 Å². The molecule has 0 bridgehead atoms. The maximum atomic E-state index is 11.6. The molecule has 112 valence electrons. The first-order valence-corrected chi connectivity index (χ1v) is 8.92. The Morgan fingerprint density at radius 1 is 1.38 bits per heavy atom. The number of halogens is 1. The van der Waals surface area contributed by atoms with Crippen molar-refractivity contribution < 1.29 is 13.2 Å². The molecule has 0 saturated carbocycles. The SMILES string of the molecule is CCn1c(C2CCOc3ccccc32)nnc1S(=O)(=O)Cl. The van der Waals surface area contributed by atoms with Gasteiger partial charge in [0.1, 0.15) is 11.6 Å². The second kappa shape index (κ2) is 5.31. The Balaban J connectivity index is 2.13. The first kappa shape index (κ1) is 14.3. The Kier molecular flexibility index (Phi) is 3.62. The zero-order valence-electron chi connectivity index (χ0n) is 11.4. The summed E-state index contributed by atoms with van der Waals surface area (Å²) in [5, 5.41) is 7.63. The normalized spacial score (nSPS) is 18.1. The van der Waals surface area contributed by atoms with Gasteiger partial charge in [-0.15, -0.1) is 10.2 Å². The Morgan fingerprint density at radius 2 is 2.14 bits per heavy atom. The summed E-state index contributed by atoms with van der Waals surface area (Å²) in [6, 6.07) is 7.68. The molecule has 0 aliphatic carbocycles. The van der Waals surface area contributed by atoms with Crippen LogP contribution in [0, 0.1) is 0 Å². The van der Waals surface area contributed by atoms with Crippen molar-refractivity contribution in [2.24, 2.45) is 0 Å². The van der Waals surface area contributed by atoms with E-state index < -0.39 is 9.05 Å². The van der Waals surface area contributed by atoms with Crippen LogP contribution in [0.15, 0.2) is 29.4 Å². The first-order chi connectivity index (χ1) is 10.0. The third-order valence-corrected chi connectivity index (χ3v) is 4.70. The molecule has 1 aromatic heterocycles. The summed E-state index contributed by atoms with van der Waals surface area (Å²) in [6.45, 7) is 2.83. The average Bonchev–Trinajstić information content (AvgIpc) is 2.90. The number of rotatable bonds is 3. The summed E-state index contributed by atoms with van der Waals surface area (Å²) in [5.41, 5.74) is 0.990. The van der Waals surface area contributed by atoms with Crippen molar-refractivity contribution in [2.75, 3.05) is 6.61 Å². The quantitative estimate of drug-likeness (QED) is 0.807. The first-order valence-electron chi connectivity index (χ1n) is 6.62. The topological polar surface area (TPSA) is 74.1 Å². The standard InChI is InChI=1S/C13H14ClN3O3S/c1-2-17-12(15-16-13(17)21(14,18)19)10-7-8-20-11-6-4-3-5-9(10)11/h3-6,10H,2,7-8H2,1H3. The van der Waals surface area contributed by atoms with Crippen molar-refractivity contribution >= 4 is 19.7 Å². The van der Waals surface area contributed by atoms with E-state index in [0.717, 1.165) is 17.7 Å². The molecule has 1 aliphatic rings. The van der Waals surface area contributed by atoms with E-state index in [0.29, 0.717) is 19.0 Å². The van der Waals surface area contributed by atoms with Gasteiger partial charge in [0.15, 0.2) is 0 Å². The highest BCUT2D eigenvalue weighted by Gasteiger charge is 2.30. The number of benzene rings is 1. The summed E-state index contributed by atoms with van der Waals surface area (Å²) in [6.07, 6.45) is 0.720. The minimum atomic E-state index is -3.91. The maximum Gasteiger partial charge on any atom is 0.296 e. The van der Waals surface area contributed by atoms with E-state index in [9.17, 15) is 8.42 Å². The fourth-order valence-electron chi connectivity index (χ4n) is 2.65. The summed E-state index contributed by atoms with van der Waals surface area (Å²) in [4.78, 5) is 0. The van der Waals surface area contributed by atoms with Gasteiger partial charge in [-0.05, 0) is 19.4 Å². The van der Waals surface area contributed by atoms with Gasteiger partial charge in [-0.25, -0.2) is 8.42 Å². The lowest BCUT2D eigenvalue weighted by atomic mass is 9.92. The lowest BCUT2D eigenvalue weighted by Crippen LogP contribution is -2.19. The second-order valence-electron chi connectivity index (χ2n) is 4.75. The second-order valence-corrected chi connectivity index (χ2v) is 7.21. The van der Waals surface area contributed by atoms with Gasteiger partial charge in [0.25, 0.3) is 14.2 Å². The van der Waals surface area contributed by atoms with Gasteiger partial charge >= 0.3 is 0 Å². The van der Waals surface area contributed by atoms with E-state index in [1.54, 1.807) is 4.57 Å². The highest BCUT2D eigenvalue weighted by Crippen LogP contribution is 2.37. The molecular weight excluding hydrogens is 314 g/mol. The van der Waals surface area contributed by atoms with E-state index in [1.165, 1.54) is 0 Å². The minimum absolute atomic E-state index is 0.0467. The fraction of sp³-hybridized carbons (Fsp3) is 0.385. The molecular formula is C13H14ClN3O3S. The van der Waals surface area contributed by atoms with Crippen LogP contribution in [-0.4, -0.2) is 29.8 Å². The largest absolute Gasteiger partial charge is 0.493 e. The van der Waals surface area contributed by atoms with Crippen LogP contribution in [0.1, 0.15) is 30.7 Å². The van der Waals surface area contributed by atoms with Gasteiger partial charge in [0, 0.05) is 22.8 Å². The molecule has 3 rings (SSSR count). The number of hydrogen-bond acceptors (Lipinski definition) is 5. The third kappa shape index (κ3) is 2.51. The molecule has 6 nitrogen and oxygen atoms in total. The maximum absolute atomic E-state index is 11.6. The Hall–Kier alpha value is -1.60. The number of fused-ring (bicyclic) bond motifs is 1. The smallest absolute Gasteiger partial charge is 0.296 e. The molecule has 1 aliphatic heterocycles. The van der Waals surface area contributed by atoms with Crippen LogP contribution in [0.2, 0.25) is 0 Å². The predicted octanol–water partition coefficient (Wildman–Crippen LogP) is 2.14. The minimum Gasteiger partial charge on any atom is -0.493 e. The molecule has 1 unspecified atom stereocenters. The summed E-state index contributed by atoms with van der Waals surface area (Å²) in [5.74, 6) is 1.36. The predicted molar refractivity (Wildman–Crippen MR) is 77.1 cm³/mol. The van der Waals surface area contributed by atoms with Crippen molar-refractivity contribution in [3.05, 3.63) is 35.7 Å². The summed E-state index contributed by atoms with van der Waals surface area (Å²) >= 11 is 0. The van der Waals surface area contributed by atoms with E-state index in [-0.39, 0.29) is 11.1 Å². The Morgan fingerprint density at radius 3 is 2.86 bits per heavy atom. The molecule has 0 spiro atoms. The van der Waals surface area contributed by atoms with E-state index in [4.69, 9.17) is 15.4 Å². The lowest BCUT2D eigenvalue weighted by Gasteiger charge is -2.25. The molecule has 2 aromatic rings. The molecule has 0 N–H and O–H groups in total. The fourth-order valence-corrected chi connectivity index (χ4v) is 3.61. The molecule has 0 amide bonds. The molecule has 1 atom stereocenters. The summed E-state index contributed by atoms with van der Waals surface area (Å²) < 4.78 is 30.3. The van der Waals surface area contributed by atoms with E-state index in [2.05, 4.69) is 10.2 Å². The molecule has 0 saturated heterocycles. The molecule has 8 heteroatoms. The van der Waals surface area contributed by atoms with Crippen LogP contribution in [-0.2, 0) is 15.6 Å². The van der Waals surface area contributed by atoms with Crippen LogP contribution in [0.25, 0.3) is 0 Å². The Bertz CT molecular complexity index is 773. The number of aromatic nitrogens is 3. The molecule has 1 aromatic carbocycles. The van der Waals surface area contributed by atoms with Crippen molar-refractivity contribution in [1.82, 2.24) is 14.8 Å². The van der Waals surface area contributed by atoms with E-state index >= 15 is 0 Å². The third-order valence-electron chi connectivity index (χ3n) is 3.55. The van der Waals surface area contributed by atoms with Crippen molar-refractivity contribution in [3.63, 3.8) is 0 Å². The summed E-state index contributed by atoms with van der Waals surface area (Å²) in [7, 11) is 1.51. The van der Waals surface area contributed by atoms with E-state index in [1.807, 2.05) is 31.2 Å². The number of nitrogens with zero attached hydrogens (tertiary/aromatic N) is 3. The van der Waals surface area contributed by atoms with Crippen LogP contribution in [0.3, 0.4) is 0 Å². The van der Waals surface area contributed by atoms with Crippen LogP contribution in [0.5, 0.6) is 5.75 Å². The highest BCUT2D eigenvalue weighted by atomic mass is 35.7. The molecule has 21 heavy (non-hydrogen) atoms.